The van der Waals surface area contributed by atoms with Crippen molar-refractivity contribution >= 4 is 40.9 Å². The fourth-order valence-electron chi connectivity index (χ4n) is 2.36. The monoisotopic (exact) mass is 406 g/mol. The molecule has 26 heavy (non-hydrogen) atoms. The minimum absolute atomic E-state index is 0.0505. The van der Waals surface area contributed by atoms with E-state index in [0.717, 1.165) is 22.0 Å². The zero-order valence-corrected chi connectivity index (χ0v) is 16.3. The smallest absolute Gasteiger partial charge is 0.253 e. The predicted octanol–water partition coefficient (Wildman–Crippen LogP) is 4.68. The number of carbonyl (C=O) groups excluding carboxylic acids is 1. The predicted molar refractivity (Wildman–Crippen MR) is 105 cm³/mol. The molecule has 0 fully saturated rings. The standard InChI is InChI=1S/C18H16Cl2N4OS/c1-24(9-13-4-7-15(19)16(20)8-13)17(25)14-5-2-12(3-6-14)10-26-18-21-11-22-23-18/h2-8,11H,9-10H2,1H3,(H,21,22,23). The van der Waals surface area contributed by atoms with E-state index in [1.54, 1.807) is 35.8 Å². The van der Waals surface area contributed by atoms with Gasteiger partial charge in [0.15, 0.2) is 5.16 Å². The number of H-pyrrole nitrogens is 1. The van der Waals surface area contributed by atoms with Gasteiger partial charge in [-0.25, -0.2) is 4.98 Å². The average Bonchev–Trinajstić information content (AvgIpc) is 3.16. The highest BCUT2D eigenvalue weighted by Crippen LogP contribution is 2.23. The highest BCUT2D eigenvalue weighted by atomic mass is 35.5. The number of hydrogen-bond donors (Lipinski definition) is 1. The molecule has 3 aromatic rings. The molecule has 0 spiro atoms. The fraction of sp³-hybridized carbons (Fsp3) is 0.167. The van der Waals surface area contributed by atoms with Crippen molar-refractivity contribution in [1.29, 1.82) is 0 Å². The summed E-state index contributed by atoms with van der Waals surface area (Å²) in [6.45, 7) is 0.457. The Morgan fingerprint density at radius 3 is 2.50 bits per heavy atom. The number of aromatic nitrogens is 3. The highest BCUT2D eigenvalue weighted by Gasteiger charge is 2.13. The maximum atomic E-state index is 12.6. The van der Waals surface area contributed by atoms with Crippen molar-refractivity contribution in [1.82, 2.24) is 20.1 Å². The topological polar surface area (TPSA) is 61.9 Å². The molecular formula is C18H16Cl2N4OS. The normalized spacial score (nSPS) is 10.7. The van der Waals surface area contributed by atoms with E-state index in [9.17, 15) is 4.79 Å². The molecule has 0 bridgehead atoms. The summed E-state index contributed by atoms with van der Waals surface area (Å²) in [5.41, 5.74) is 2.67. The molecule has 5 nitrogen and oxygen atoms in total. The number of nitrogens with one attached hydrogen (secondary N) is 1. The lowest BCUT2D eigenvalue weighted by molar-refractivity contribution is 0.0785. The van der Waals surface area contributed by atoms with Crippen molar-refractivity contribution in [3.8, 4) is 0 Å². The van der Waals surface area contributed by atoms with Gasteiger partial charge in [0.1, 0.15) is 6.33 Å². The van der Waals surface area contributed by atoms with Crippen LogP contribution in [0.25, 0.3) is 0 Å². The lowest BCUT2D eigenvalue weighted by Gasteiger charge is -2.18. The van der Waals surface area contributed by atoms with Gasteiger partial charge in [0, 0.05) is 24.9 Å². The average molecular weight is 407 g/mol. The zero-order valence-electron chi connectivity index (χ0n) is 13.9. The molecule has 3 rings (SSSR count). The van der Waals surface area contributed by atoms with Gasteiger partial charge in [-0.15, -0.1) is 0 Å². The van der Waals surface area contributed by atoms with Crippen LogP contribution < -0.4 is 0 Å². The molecule has 0 saturated heterocycles. The molecule has 1 aromatic heterocycles. The van der Waals surface area contributed by atoms with Crippen LogP contribution in [-0.2, 0) is 12.3 Å². The molecule has 0 aliphatic heterocycles. The second kappa shape index (κ2) is 8.58. The third-order valence-electron chi connectivity index (χ3n) is 3.72. The summed E-state index contributed by atoms with van der Waals surface area (Å²) in [5.74, 6) is 0.702. The summed E-state index contributed by atoms with van der Waals surface area (Å²) in [4.78, 5) is 18.3. The molecular weight excluding hydrogens is 391 g/mol. The second-order valence-electron chi connectivity index (χ2n) is 5.69. The summed E-state index contributed by atoms with van der Waals surface area (Å²) < 4.78 is 0. The van der Waals surface area contributed by atoms with E-state index >= 15 is 0 Å². The van der Waals surface area contributed by atoms with Crippen molar-refractivity contribution in [3.63, 3.8) is 0 Å². The molecule has 2 aromatic carbocycles. The SMILES string of the molecule is CN(Cc1ccc(Cl)c(Cl)c1)C(=O)c1ccc(CSc2ncn[nH]2)cc1. The van der Waals surface area contributed by atoms with E-state index < -0.39 is 0 Å². The Kier molecular flexibility index (Phi) is 6.19. The summed E-state index contributed by atoms with van der Waals surface area (Å²) in [6.07, 6.45) is 1.48. The summed E-state index contributed by atoms with van der Waals surface area (Å²) in [6, 6.07) is 12.9. The Labute approximate surface area is 165 Å². The first-order chi connectivity index (χ1) is 12.5. The second-order valence-corrected chi connectivity index (χ2v) is 7.46. The fourth-order valence-corrected chi connectivity index (χ4v) is 3.42. The number of carbonyl (C=O) groups is 1. The summed E-state index contributed by atoms with van der Waals surface area (Å²) in [7, 11) is 1.76. The number of benzene rings is 2. The largest absolute Gasteiger partial charge is 0.337 e. The molecule has 1 heterocycles. The van der Waals surface area contributed by atoms with Gasteiger partial charge < -0.3 is 4.90 Å². The Morgan fingerprint density at radius 2 is 1.85 bits per heavy atom. The van der Waals surface area contributed by atoms with Gasteiger partial charge >= 0.3 is 0 Å². The van der Waals surface area contributed by atoms with Crippen molar-refractivity contribution < 1.29 is 4.79 Å². The van der Waals surface area contributed by atoms with Crippen LogP contribution in [0.3, 0.4) is 0 Å². The first-order valence-electron chi connectivity index (χ1n) is 7.79. The summed E-state index contributed by atoms with van der Waals surface area (Å²) in [5, 5.41) is 8.38. The number of halogens is 2. The van der Waals surface area contributed by atoms with E-state index in [-0.39, 0.29) is 5.91 Å². The van der Waals surface area contributed by atoms with Crippen LogP contribution in [0.2, 0.25) is 10.0 Å². The minimum Gasteiger partial charge on any atom is -0.337 e. The molecule has 0 saturated carbocycles. The van der Waals surface area contributed by atoms with Crippen LogP contribution in [0.4, 0.5) is 0 Å². The van der Waals surface area contributed by atoms with Gasteiger partial charge in [-0.05, 0) is 35.4 Å². The van der Waals surface area contributed by atoms with Crippen LogP contribution >= 0.6 is 35.0 Å². The van der Waals surface area contributed by atoms with Crippen LogP contribution in [-0.4, -0.2) is 33.0 Å². The third-order valence-corrected chi connectivity index (χ3v) is 5.41. The minimum atomic E-state index is -0.0505. The van der Waals surface area contributed by atoms with Gasteiger partial charge in [0.25, 0.3) is 5.91 Å². The van der Waals surface area contributed by atoms with E-state index in [1.807, 2.05) is 30.3 Å². The Bertz CT molecular complexity index is 885. The quantitative estimate of drug-likeness (QED) is 0.603. The van der Waals surface area contributed by atoms with Crippen LogP contribution in [0.15, 0.2) is 53.9 Å². The number of rotatable bonds is 6. The molecule has 0 atom stereocenters. The highest BCUT2D eigenvalue weighted by molar-refractivity contribution is 7.98. The number of hydrogen-bond acceptors (Lipinski definition) is 4. The van der Waals surface area contributed by atoms with Crippen molar-refractivity contribution in [2.75, 3.05) is 7.05 Å². The zero-order chi connectivity index (χ0) is 18.5. The van der Waals surface area contributed by atoms with E-state index in [4.69, 9.17) is 23.2 Å². The molecule has 0 aliphatic carbocycles. The maximum Gasteiger partial charge on any atom is 0.253 e. The van der Waals surface area contributed by atoms with Gasteiger partial charge in [-0.3, -0.25) is 9.89 Å². The molecule has 0 aliphatic rings. The third kappa shape index (κ3) is 4.78. The van der Waals surface area contributed by atoms with Crippen LogP contribution in [0.5, 0.6) is 0 Å². The molecule has 1 amide bonds. The van der Waals surface area contributed by atoms with Gasteiger partial charge in [-0.1, -0.05) is 53.2 Å². The summed E-state index contributed by atoms with van der Waals surface area (Å²) >= 11 is 13.5. The number of amides is 1. The van der Waals surface area contributed by atoms with Crippen molar-refractivity contribution in [3.05, 3.63) is 75.5 Å². The molecule has 134 valence electrons. The molecule has 0 unspecified atom stereocenters. The number of aromatic amines is 1. The van der Waals surface area contributed by atoms with Gasteiger partial charge in [-0.2, -0.15) is 5.10 Å². The number of thioether (sulfide) groups is 1. The molecule has 8 heteroatoms. The van der Waals surface area contributed by atoms with Gasteiger partial charge in [0.05, 0.1) is 10.0 Å². The van der Waals surface area contributed by atoms with Crippen molar-refractivity contribution in [2.45, 2.75) is 17.5 Å². The van der Waals surface area contributed by atoms with E-state index in [2.05, 4.69) is 15.2 Å². The van der Waals surface area contributed by atoms with Gasteiger partial charge in [0.2, 0.25) is 0 Å². The first kappa shape index (κ1) is 18.8. The van der Waals surface area contributed by atoms with Crippen LogP contribution in [0, 0.1) is 0 Å². The molecule has 1 N–H and O–H groups in total. The van der Waals surface area contributed by atoms with Crippen LogP contribution in [0.1, 0.15) is 21.5 Å². The Morgan fingerprint density at radius 1 is 1.12 bits per heavy atom. The number of nitrogens with zero attached hydrogens (tertiary/aromatic N) is 3. The Hall–Kier alpha value is -2.02. The molecule has 0 radical (unpaired) electrons. The van der Waals surface area contributed by atoms with Crippen molar-refractivity contribution in [2.24, 2.45) is 0 Å². The van der Waals surface area contributed by atoms with E-state index in [1.165, 1.54) is 6.33 Å². The first-order valence-corrected chi connectivity index (χ1v) is 9.53. The van der Waals surface area contributed by atoms with E-state index in [0.29, 0.717) is 22.2 Å². The Balaban J connectivity index is 1.60. The lowest BCUT2D eigenvalue weighted by Crippen LogP contribution is -2.26. The lowest BCUT2D eigenvalue weighted by atomic mass is 10.1. The maximum absolute atomic E-state index is 12.6.